The molecule has 0 aliphatic heterocycles. The van der Waals surface area contributed by atoms with Crippen LogP contribution < -0.4 is 21.7 Å². The molecule has 4 rings (SSSR count). The third-order valence-electron chi connectivity index (χ3n) is 6.60. The molecule has 0 spiro atoms. The summed E-state index contributed by atoms with van der Waals surface area (Å²) < 4.78 is 4.02. The Kier molecular flexibility index (Phi) is 7.40. The smallest absolute Gasteiger partial charge is 0.273 e. The molecule has 1 aromatic heterocycles. The van der Waals surface area contributed by atoms with E-state index in [1.54, 1.807) is 0 Å². The van der Waals surface area contributed by atoms with Crippen LogP contribution in [0.4, 0.5) is 11.4 Å². The first-order valence-corrected chi connectivity index (χ1v) is 12.8. The number of hydrogen-bond acceptors (Lipinski definition) is 6. The normalized spacial score (nSPS) is 14.4. The molecule has 3 amide bonds. The number of nitrogens with zero attached hydrogens (tertiary/aromatic N) is 2. The number of hydrogen-bond donors (Lipinski definition) is 3. The molecular weight excluding hydrogens is 474 g/mol. The highest BCUT2D eigenvalue weighted by molar-refractivity contribution is 7.09. The summed E-state index contributed by atoms with van der Waals surface area (Å²) in [6.45, 7) is 5.78. The summed E-state index contributed by atoms with van der Waals surface area (Å²) in [5, 5.41) is 3.17. The summed E-state index contributed by atoms with van der Waals surface area (Å²) in [5.74, 6) is -1.59. The Morgan fingerprint density at radius 2 is 1.67 bits per heavy atom. The Balaban J connectivity index is 1.89. The van der Waals surface area contributed by atoms with Gasteiger partial charge in [-0.1, -0.05) is 54.8 Å². The van der Waals surface area contributed by atoms with Crippen LogP contribution >= 0.6 is 11.5 Å². The lowest BCUT2D eigenvalue weighted by Crippen LogP contribution is -2.46. The number of nitrogen functional groups attached to an aromatic ring is 1. The second kappa shape index (κ2) is 10.5. The summed E-state index contributed by atoms with van der Waals surface area (Å²) in [7, 11) is 0. The van der Waals surface area contributed by atoms with E-state index in [0.29, 0.717) is 11.3 Å². The Morgan fingerprint density at radius 3 is 2.28 bits per heavy atom. The molecule has 9 heteroatoms. The van der Waals surface area contributed by atoms with Crippen molar-refractivity contribution in [2.45, 2.75) is 58.5 Å². The Morgan fingerprint density at radius 1 is 1.03 bits per heavy atom. The molecule has 1 aliphatic rings. The largest absolute Gasteiger partial charge is 0.395 e. The van der Waals surface area contributed by atoms with Gasteiger partial charge in [-0.25, -0.2) is 0 Å². The van der Waals surface area contributed by atoms with E-state index in [0.717, 1.165) is 53.9 Å². The molecule has 8 nitrogen and oxygen atoms in total. The number of carbonyl (C=O) groups is 3. The summed E-state index contributed by atoms with van der Waals surface area (Å²) in [4.78, 5) is 41.4. The van der Waals surface area contributed by atoms with Gasteiger partial charge in [0.2, 0.25) is 5.91 Å². The predicted octanol–water partition coefficient (Wildman–Crippen LogP) is 4.20. The molecule has 1 heterocycles. The van der Waals surface area contributed by atoms with Crippen molar-refractivity contribution in [3.8, 4) is 0 Å². The fourth-order valence-corrected chi connectivity index (χ4v) is 5.34. The van der Waals surface area contributed by atoms with Gasteiger partial charge in [0, 0.05) is 11.7 Å². The van der Waals surface area contributed by atoms with Crippen molar-refractivity contribution in [1.82, 2.24) is 9.69 Å². The lowest BCUT2D eigenvalue weighted by atomic mass is 9.99. The van der Waals surface area contributed by atoms with Crippen LogP contribution in [0.3, 0.4) is 0 Å². The maximum atomic E-state index is 14.2. The maximum absolute atomic E-state index is 14.2. The van der Waals surface area contributed by atoms with E-state index in [1.807, 2.05) is 63.2 Å². The molecule has 1 fully saturated rings. The van der Waals surface area contributed by atoms with Crippen molar-refractivity contribution < 1.29 is 14.4 Å². The van der Waals surface area contributed by atoms with Gasteiger partial charge < -0.3 is 16.8 Å². The van der Waals surface area contributed by atoms with Crippen LogP contribution in [0.5, 0.6) is 0 Å². The number of aryl methyl sites for hydroxylation is 3. The third-order valence-corrected chi connectivity index (χ3v) is 7.45. The molecule has 1 atom stereocenters. The van der Waals surface area contributed by atoms with Crippen LogP contribution in [0, 0.1) is 20.8 Å². The van der Waals surface area contributed by atoms with Crippen LogP contribution in [0.2, 0.25) is 0 Å². The molecular formula is C27H31N5O3S. The number of primary amides is 1. The van der Waals surface area contributed by atoms with Crippen molar-refractivity contribution in [2.75, 3.05) is 10.6 Å². The minimum Gasteiger partial charge on any atom is -0.395 e. The predicted molar refractivity (Wildman–Crippen MR) is 142 cm³/mol. The van der Waals surface area contributed by atoms with E-state index in [2.05, 4.69) is 9.69 Å². The number of nitrogens with one attached hydrogen (secondary N) is 1. The number of aromatic nitrogens is 1. The molecule has 1 aliphatic carbocycles. The summed E-state index contributed by atoms with van der Waals surface area (Å²) in [5.41, 5.74) is 15.4. The van der Waals surface area contributed by atoms with E-state index in [9.17, 15) is 14.4 Å². The summed E-state index contributed by atoms with van der Waals surface area (Å²) in [6, 6.07) is 12.4. The summed E-state index contributed by atoms with van der Waals surface area (Å²) in [6.07, 6.45) is 3.95. The standard InChI is InChI=1S/C27H31N5O3S/c1-15-9-12-18(13-10-15)23(26(34)30-19-6-4-5-7-19)32(20-14-16(2)8-11-17(20)3)27(35)24-21(28)22(25(29)33)31-36-24/h8-14,19,23H,4-7,28H2,1-3H3,(H2,29,33)(H,30,34)/t23-/m1/s1. The van der Waals surface area contributed by atoms with Gasteiger partial charge in [0.25, 0.3) is 11.8 Å². The zero-order chi connectivity index (χ0) is 26.0. The third kappa shape index (κ3) is 5.11. The van der Waals surface area contributed by atoms with Crippen molar-refractivity contribution in [1.29, 1.82) is 0 Å². The molecule has 3 aromatic rings. The Bertz CT molecular complexity index is 1300. The highest BCUT2D eigenvalue weighted by Gasteiger charge is 2.37. The average Bonchev–Trinajstić information content (AvgIpc) is 3.49. The zero-order valence-electron chi connectivity index (χ0n) is 20.7. The number of carbonyl (C=O) groups excluding carboxylic acids is 3. The second-order valence-corrected chi connectivity index (χ2v) is 10.2. The average molecular weight is 506 g/mol. The van der Waals surface area contributed by atoms with E-state index in [1.165, 1.54) is 4.90 Å². The van der Waals surface area contributed by atoms with Gasteiger partial charge in [-0.3, -0.25) is 19.3 Å². The quantitative estimate of drug-likeness (QED) is 0.443. The van der Waals surface area contributed by atoms with Gasteiger partial charge in [-0.2, -0.15) is 4.37 Å². The van der Waals surface area contributed by atoms with Crippen LogP contribution in [-0.4, -0.2) is 28.1 Å². The monoisotopic (exact) mass is 505 g/mol. The number of nitrogens with two attached hydrogens (primary N) is 2. The topological polar surface area (TPSA) is 131 Å². The molecule has 0 saturated heterocycles. The summed E-state index contributed by atoms with van der Waals surface area (Å²) >= 11 is 0.807. The molecule has 0 radical (unpaired) electrons. The highest BCUT2D eigenvalue weighted by Crippen LogP contribution is 2.35. The number of rotatable bonds is 7. The minimum atomic E-state index is -0.960. The molecule has 1 saturated carbocycles. The first-order valence-electron chi connectivity index (χ1n) is 12.0. The Labute approximate surface area is 214 Å². The van der Waals surface area contributed by atoms with Crippen LogP contribution in [-0.2, 0) is 4.79 Å². The number of anilines is 2. The van der Waals surface area contributed by atoms with Gasteiger partial charge in [0.15, 0.2) is 5.69 Å². The molecule has 36 heavy (non-hydrogen) atoms. The SMILES string of the molecule is Cc1ccc([C@H](C(=O)NC2CCCC2)N(C(=O)c2snc(C(N)=O)c2N)c2cc(C)ccc2C)cc1. The molecule has 188 valence electrons. The highest BCUT2D eigenvalue weighted by atomic mass is 32.1. The molecule has 5 N–H and O–H groups in total. The van der Waals surface area contributed by atoms with Gasteiger partial charge in [0.05, 0.1) is 5.69 Å². The van der Waals surface area contributed by atoms with E-state index < -0.39 is 17.9 Å². The Hall–Kier alpha value is -3.72. The fourth-order valence-electron chi connectivity index (χ4n) is 4.60. The first-order chi connectivity index (χ1) is 17.2. The first kappa shape index (κ1) is 25.4. The van der Waals surface area contributed by atoms with Gasteiger partial charge in [-0.15, -0.1) is 0 Å². The van der Waals surface area contributed by atoms with Gasteiger partial charge in [0.1, 0.15) is 10.9 Å². The van der Waals surface area contributed by atoms with Crippen molar-refractivity contribution in [3.05, 3.63) is 75.3 Å². The van der Waals surface area contributed by atoms with Gasteiger partial charge in [-0.05, 0) is 67.9 Å². The van der Waals surface area contributed by atoms with E-state index in [4.69, 9.17) is 11.5 Å². The van der Waals surface area contributed by atoms with Crippen molar-refractivity contribution in [3.63, 3.8) is 0 Å². The van der Waals surface area contributed by atoms with Crippen LogP contribution in [0.25, 0.3) is 0 Å². The number of amides is 3. The maximum Gasteiger partial charge on any atom is 0.273 e. The zero-order valence-corrected chi connectivity index (χ0v) is 21.5. The lowest BCUT2D eigenvalue weighted by molar-refractivity contribution is -0.123. The van der Waals surface area contributed by atoms with E-state index >= 15 is 0 Å². The minimum absolute atomic E-state index is 0.0653. The fraction of sp³-hybridized carbons (Fsp3) is 0.333. The molecule has 0 bridgehead atoms. The second-order valence-electron chi connectivity index (χ2n) is 9.41. The van der Waals surface area contributed by atoms with Crippen LogP contribution in [0.15, 0.2) is 42.5 Å². The molecule has 2 aromatic carbocycles. The van der Waals surface area contributed by atoms with Gasteiger partial charge >= 0.3 is 0 Å². The molecule has 0 unspecified atom stereocenters. The van der Waals surface area contributed by atoms with E-state index in [-0.39, 0.29) is 28.2 Å². The van der Waals surface area contributed by atoms with Crippen molar-refractivity contribution >= 4 is 40.6 Å². The van der Waals surface area contributed by atoms with Crippen LogP contribution in [0.1, 0.15) is 74.1 Å². The van der Waals surface area contributed by atoms with Crippen molar-refractivity contribution in [2.24, 2.45) is 5.73 Å². The lowest BCUT2D eigenvalue weighted by Gasteiger charge is -2.33. The number of benzene rings is 2.